The summed E-state index contributed by atoms with van der Waals surface area (Å²) in [6, 6.07) is 7.72. The van der Waals surface area contributed by atoms with Crippen LogP contribution >= 0.6 is 27.5 Å². The molecule has 1 amide bonds. The number of rotatable bonds is 4. The standard InChI is InChI=1S/C15H11BrClF2NO2/c1-8(22-14-5-2-9(18)6-11(14)16)15(21)20-10-3-4-13(19)12(17)7-10/h2-8H,1H3,(H,20,21). The van der Waals surface area contributed by atoms with E-state index in [1.807, 2.05) is 0 Å². The Morgan fingerprint density at radius 3 is 2.64 bits per heavy atom. The van der Waals surface area contributed by atoms with Gasteiger partial charge in [-0.3, -0.25) is 4.79 Å². The summed E-state index contributed by atoms with van der Waals surface area (Å²) in [5.74, 6) is -1.10. The van der Waals surface area contributed by atoms with Gasteiger partial charge >= 0.3 is 0 Å². The van der Waals surface area contributed by atoms with Crippen LogP contribution in [0.25, 0.3) is 0 Å². The Labute approximate surface area is 139 Å². The number of nitrogens with one attached hydrogen (secondary N) is 1. The second-order valence-electron chi connectivity index (χ2n) is 4.45. The maximum atomic E-state index is 13.1. The van der Waals surface area contributed by atoms with Gasteiger partial charge in [0.05, 0.1) is 9.50 Å². The highest BCUT2D eigenvalue weighted by atomic mass is 79.9. The number of carbonyl (C=O) groups excluding carboxylic acids is 1. The molecule has 0 spiro atoms. The van der Waals surface area contributed by atoms with Gasteiger partial charge in [-0.05, 0) is 59.3 Å². The van der Waals surface area contributed by atoms with Crippen molar-refractivity contribution >= 4 is 39.1 Å². The Morgan fingerprint density at radius 1 is 1.27 bits per heavy atom. The molecule has 0 aliphatic heterocycles. The largest absolute Gasteiger partial charge is 0.480 e. The van der Waals surface area contributed by atoms with E-state index in [9.17, 15) is 13.6 Å². The number of hydrogen-bond donors (Lipinski definition) is 1. The Balaban J connectivity index is 2.04. The molecule has 0 radical (unpaired) electrons. The van der Waals surface area contributed by atoms with Gasteiger partial charge in [0.15, 0.2) is 6.10 Å². The molecule has 0 aliphatic rings. The molecule has 0 saturated heterocycles. The van der Waals surface area contributed by atoms with Crippen molar-refractivity contribution in [3.05, 3.63) is 57.5 Å². The molecule has 116 valence electrons. The van der Waals surface area contributed by atoms with Crippen molar-refractivity contribution < 1.29 is 18.3 Å². The first-order valence-electron chi connectivity index (χ1n) is 6.24. The molecular weight excluding hydrogens is 380 g/mol. The van der Waals surface area contributed by atoms with E-state index < -0.39 is 23.6 Å². The summed E-state index contributed by atoms with van der Waals surface area (Å²) in [5.41, 5.74) is 0.352. The average molecular weight is 391 g/mol. The molecule has 1 N–H and O–H groups in total. The van der Waals surface area contributed by atoms with Crippen LogP contribution in [0.4, 0.5) is 14.5 Å². The van der Waals surface area contributed by atoms with Crippen molar-refractivity contribution in [2.75, 3.05) is 5.32 Å². The number of ether oxygens (including phenoxy) is 1. The first kappa shape index (κ1) is 16.7. The quantitative estimate of drug-likeness (QED) is 0.815. The van der Waals surface area contributed by atoms with Crippen molar-refractivity contribution in [2.45, 2.75) is 13.0 Å². The van der Waals surface area contributed by atoms with Crippen LogP contribution in [0.1, 0.15) is 6.92 Å². The van der Waals surface area contributed by atoms with E-state index in [1.54, 1.807) is 0 Å². The summed E-state index contributed by atoms with van der Waals surface area (Å²) >= 11 is 8.80. The highest BCUT2D eigenvalue weighted by Gasteiger charge is 2.17. The molecule has 0 bridgehead atoms. The van der Waals surface area contributed by atoms with E-state index in [1.165, 1.54) is 37.3 Å². The van der Waals surface area contributed by atoms with Crippen LogP contribution in [0.5, 0.6) is 5.75 Å². The van der Waals surface area contributed by atoms with Crippen LogP contribution in [-0.4, -0.2) is 12.0 Å². The Bertz CT molecular complexity index is 712. The lowest BCUT2D eigenvalue weighted by molar-refractivity contribution is -0.122. The molecule has 1 unspecified atom stereocenters. The van der Waals surface area contributed by atoms with Crippen LogP contribution in [0.2, 0.25) is 5.02 Å². The normalized spacial score (nSPS) is 11.9. The van der Waals surface area contributed by atoms with Gasteiger partial charge in [-0.25, -0.2) is 8.78 Å². The molecular formula is C15H11BrClF2NO2. The lowest BCUT2D eigenvalue weighted by Crippen LogP contribution is -2.30. The monoisotopic (exact) mass is 389 g/mol. The molecule has 2 rings (SSSR count). The van der Waals surface area contributed by atoms with Gasteiger partial charge in [0, 0.05) is 5.69 Å². The Hall–Kier alpha value is -1.66. The number of halogens is 4. The Morgan fingerprint density at radius 2 is 2.00 bits per heavy atom. The molecule has 22 heavy (non-hydrogen) atoms. The molecule has 0 fully saturated rings. The number of benzene rings is 2. The van der Waals surface area contributed by atoms with Gasteiger partial charge < -0.3 is 10.1 Å². The van der Waals surface area contributed by atoms with Crippen molar-refractivity contribution in [3.63, 3.8) is 0 Å². The number of carbonyl (C=O) groups is 1. The Kier molecular flexibility index (Phi) is 5.37. The fourth-order valence-corrected chi connectivity index (χ4v) is 2.26. The SMILES string of the molecule is CC(Oc1ccc(F)cc1Br)C(=O)Nc1ccc(F)c(Cl)c1. The maximum Gasteiger partial charge on any atom is 0.265 e. The highest BCUT2D eigenvalue weighted by molar-refractivity contribution is 9.10. The van der Waals surface area contributed by atoms with Gasteiger partial charge in [-0.2, -0.15) is 0 Å². The number of amides is 1. The predicted molar refractivity (Wildman–Crippen MR) is 84.2 cm³/mol. The van der Waals surface area contributed by atoms with E-state index in [0.717, 1.165) is 6.07 Å². The van der Waals surface area contributed by atoms with E-state index in [-0.39, 0.29) is 5.02 Å². The minimum absolute atomic E-state index is 0.0901. The third-order valence-electron chi connectivity index (χ3n) is 2.75. The lowest BCUT2D eigenvalue weighted by Gasteiger charge is -2.16. The van der Waals surface area contributed by atoms with Crippen molar-refractivity contribution in [1.29, 1.82) is 0 Å². The fraction of sp³-hybridized carbons (Fsp3) is 0.133. The molecule has 0 saturated carbocycles. The first-order chi connectivity index (χ1) is 10.4. The van der Waals surface area contributed by atoms with Crippen molar-refractivity contribution in [1.82, 2.24) is 0 Å². The molecule has 7 heteroatoms. The van der Waals surface area contributed by atoms with Gasteiger partial charge in [0.25, 0.3) is 5.91 Å². The van der Waals surface area contributed by atoms with Crippen LogP contribution in [0.15, 0.2) is 40.9 Å². The first-order valence-corrected chi connectivity index (χ1v) is 7.41. The van der Waals surface area contributed by atoms with Crippen LogP contribution in [-0.2, 0) is 4.79 Å². The van der Waals surface area contributed by atoms with Gasteiger partial charge in [-0.1, -0.05) is 11.6 Å². The molecule has 0 heterocycles. The minimum Gasteiger partial charge on any atom is -0.480 e. The summed E-state index contributed by atoms with van der Waals surface area (Å²) in [6.07, 6.45) is -0.842. The molecule has 2 aromatic rings. The van der Waals surface area contributed by atoms with E-state index in [2.05, 4.69) is 21.2 Å². The highest BCUT2D eigenvalue weighted by Crippen LogP contribution is 2.26. The zero-order valence-corrected chi connectivity index (χ0v) is 13.7. The summed E-state index contributed by atoms with van der Waals surface area (Å²) in [4.78, 5) is 12.0. The zero-order chi connectivity index (χ0) is 16.3. The fourth-order valence-electron chi connectivity index (χ4n) is 1.63. The van der Waals surface area contributed by atoms with E-state index in [4.69, 9.17) is 16.3 Å². The average Bonchev–Trinajstić information content (AvgIpc) is 2.45. The third kappa shape index (κ3) is 4.18. The minimum atomic E-state index is -0.842. The molecule has 2 aromatic carbocycles. The number of hydrogen-bond acceptors (Lipinski definition) is 2. The van der Waals surface area contributed by atoms with Gasteiger partial charge in [0.1, 0.15) is 17.4 Å². The topological polar surface area (TPSA) is 38.3 Å². The zero-order valence-electron chi connectivity index (χ0n) is 11.4. The maximum absolute atomic E-state index is 13.1. The van der Waals surface area contributed by atoms with Gasteiger partial charge in [0.2, 0.25) is 0 Å². The molecule has 1 atom stereocenters. The number of anilines is 1. The summed E-state index contributed by atoms with van der Waals surface area (Å²) in [7, 11) is 0. The molecule has 0 aromatic heterocycles. The second-order valence-corrected chi connectivity index (χ2v) is 5.71. The predicted octanol–water partition coefficient (Wildman–Crippen LogP) is 4.79. The molecule has 0 aliphatic carbocycles. The van der Waals surface area contributed by atoms with Crippen LogP contribution < -0.4 is 10.1 Å². The lowest BCUT2D eigenvalue weighted by atomic mass is 10.3. The smallest absolute Gasteiger partial charge is 0.265 e. The van der Waals surface area contributed by atoms with E-state index in [0.29, 0.717) is 15.9 Å². The van der Waals surface area contributed by atoms with Crippen molar-refractivity contribution in [3.8, 4) is 5.75 Å². The van der Waals surface area contributed by atoms with Crippen molar-refractivity contribution in [2.24, 2.45) is 0 Å². The summed E-state index contributed by atoms with van der Waals surface area (Å²) in [5, 5.41) is 2.47. The second kappa shape index (κ2) is 7.07. The summed E-state index contributed by atoms with van der Waals surface area (Å²) < 4.78 is 31.9. The van der Waals surface area contributed by atoms with Gasteiger partial charge in [-0.15, -0.1) is 0 Å². The summed E-state index contributed by atoms with van der Waals surface area (Å²) in [6.45, 7) is 1.54. The van der Waals surface area contributed by atoms with Crippen LogP contribution in [0, 0.1) is 11.6 Å². The third-order valence-corrected chi connectivity index (χ3v) is 3.66. The van der Waals surface area contributed by atoms with Crippen LogP contribution in [0.3, 0.4) is 0 Å². The van der Waals surface area contributed by atoms with E-state index >= 15 is 0 Å². The molecule has 3 nitrogen and oxygen atoms in total.